The number of nitrogens with zero attached hydrogens (tertiary/aromatic N) is 1. The third-order valence-corrected chi connectivity index (χ3v) is 8.46. The Kier molecular flexibility index (Phi) is 8.61. The molecule has 0 aliphatic carbocycles. The van der Waals surface area contributed by atoms with Gasteiger partial charge < -0.3 is 34.8 Å². The Bertz CT molecular complexity index is 2080. The molecule has 2 atom stereocenters. The normalized spacial score (nSPS) is 12.9. The van der Waals surface area contributed by atoms with Crippen molar-refractivity contribution in [1.29, 1.82) is 0 Å². The highest BCUT2D eigenvalue weighted by Gasteiger charge is 2.19. The fourth-order valence-corrected chi connectivity index (χ4v) is 6.07. The number of aliphatic hydroxyl groups is 4. The maximum atomic E-state index is 9.74. The van der Waals surface area contributed by atoms with Crippen LogP contribution in [0.4, 0.5) is 17.1 Å². The van der Waals surface area contributed by atoms with E-state index in [1.54, 1.807) is 0 Å². The highest BCUT2D eigenvalue weighted by atomic mass is 16.5. The van der Waals surface area contributed by atoms with E-state index >= 15 is 0 Å². The van der Waals surface area contributed by atoms with Gasteiger partial charge in [-0.3, -0.25) is 0 Å². The summed E-state index contributed by atoms with van der Waals surface area (Å²) in [7, 11) is 0. The average Bonchev–Trinajstić information content (AvgIpc) is 3.13. The lowest BCUT2D eigenvalue weighted by Crippen LogP contribution is -2.21. The van der Waals surface area contributed by atoms with Crippen molar-refractivity contribution < 1.29 is 29.9 Å². The summed E-state index contributed by atoms with van der Waals surface area (Å²) in [5, 5.41) is 44.8. The molecular weight excluding hydrogens is 590 g/mol. The van der Waals surface area contributed by atoms with Crippen LogP contribution in [0.5, 0.6) is 11.5 Å². The molecule has 7 aromatic rings. The Balaban J connectivity index is 1.28. The van der Waals surface area contributed by atoms with Crippen LogP contribution in [-0.2, 0) is 0 Å². The van der Waals surface area contributed by atoms with Crippen molar-refractivity contribution >= 4 is 49.4 Å². The van der Waals surface area contributed by atoms with E-state index in [1.165, 1.54) is 26.9 Å². The summed E-state index contributed by atoms with van der Waals surface area (Å²) in [6.07, 6.45) is -1.86. The van der Waals surface area contributed by atoms with Crippen molar-refractivity contribution in [1.82, 2.24) is 0 Å². The molecule has 0 amide bonds. The molecule has 0 spiro atoms. The van der Waals surface area contributed by atoms with Crippen LogP contribution in [0.3, 0.4) is 0 Å². The molecule has 7 nitrogen and oxygen atoms in total. The summed E-state index contributed by atoms with van der Waals surface area (Å²) >= 11 is 0. The predicted molar refractivity (Wildman–Crippen MR) is 187 cm³/mol. The molecule has 236 valence electrons. The number of hydrogen-bond acceptors (Lipinski definition) is 7. The molecule has 0 bridgehead atoms. The molecule has 47 heavy (non-hydrogen) atoms. The Morgan fingerprint density at radius 2 is 0.936 bits per heavy atom. The van der Waals surface area contributed by atoms with Crippen molar-refractivity contribution in [2.24, 2.45) is 0 Å². The summed E-state index contributed by atoms with van der Waals surface area (Å²) in [5.41, 5.74) is 5.02. The zero-order valence-electron chi connectivity index (χ0n) is 25.7. The first-order valence-electron chi connectivity index (χ1n) is 15.6. The monoisotopic (exact) mass is 625 g/mol. The SMILES string of the molecule is OCC(O)COc1ccc(-c2ccc(N(c3ccc(OCC(O)CO)cc3)c3ccc4ccc5cccc6ccc3c4c56)cc2)cc1. The van der Waals surface area contributed by atoms with Crippen LogP contribution in [0.15, 0.2) is 127 Å². The van der Waals surface area contributed by atoms with Crippen molar-refractivity contribution in [2.45, 2.75) is 12.2 Å². The number of anilines is 3. The van der Waals surface area contributed by atoms with Crippen LogP contribution in [0.1, 0.15) is 0 Å². The zero-order chi connectivity index (χ0) is 32.3. The van der Waals surface area contributed by atoms with Gasteiger partial charge in [0.1, 0.15) is 36.9 Å². The van der Waals surface area contributed by atoms with E-state index in [1.807, 2.05) is 48.5 Å². The molecule has 0 aromatic heterocycles. The molecule has 0 aliphatic rings. The highest BCUT2D eigenvalue weighted by molar-refractivity contribution is 6.25. The lowest BCUT2D eigenvalue weighted by Gasteiger charge is -2.28. The molecular formula is C40H35NO6. The van der Waals surface area contributed by atoms with Gasteiger partial charge in [-0.05, 0) is 92.7 Å². The third-order valence-electron chi connectivity index (χ3n) is 8.46. The van der Waals surface area contributed by atoms with Crippen molar-refractivity contribution in [3.8, 4) is 22.6 Å². The van der Waals surface area contributed by atoms with Gasteiger partial charge in [-0.1, -0.05) is 72.8 Å². The minimum Gasteiger partial charge on any atom is -0.491 e. The fourth-order valence-electron chi connectivity index (χ4n) is 6.07. The summed E-state index contributed by atoms with van der Waals surface area (Å²) in [5.74, 6) is 1.22. The Hall–Kier alpha value is -5.18. The van der Waals surface area contributed by atoms with E-state index in [2.05, 4.69) is 83.8 Å². The number of aliphatic hydroxyl groups excluding tert-OH is 4. The zero-order valence-corrected chi connectivity index (χ0v) is 25.7. The Morgan fingerprint density at radius 1 is 0.489 bits per heavy atom. The van der Waals surface area contributed by atoms with Crippen LogP contribution in [0.25, 0.3) is 43.4 Å². The molecule has 7 aromatic carbocycles. The van der Waals surface area contributed by atoms with Gasteiger partial charge in [0, 0.05) is 16.8 Å². The van der Waals surface area contributed by atoms with Crippen LogP contribution in [0, 0.1) is 0 Å². The molecule has 0 saturated heterocycles. The first kappa shape index (κ1) is 30.5. The Labute approximate surface area is 272 Å². The number of ether oxygens (including phenoxy) is 2. The average molecular weight is 626 g/mol. The molecule has 0 saturated carbocycles. The van der Waals surface area contributed by atoms with E-state index < -0.39 is 12.2 Å². The largest absolute Gasteiger partial charge is 0.491 e. The minimum absolute atomic E-state index is 0.00770. The summed E-state index contributed by atoms with van der Waals surface area (Å²) in [4.78, 5) is 2.24. The molecule has 0 radical (unpaired) electrons. The van der Waals surface area contributed by atoms with E-state index in [-0.39, 0.29) is 26.4 Å². The molecule has 0 fully saturated rings. The second-order valence-corrected chi connectivity index (χ2v) is 11.6. The van der Waals surface area contributed by atoms with Crippen molar-refractivity contribution in [3.63, 3.8) is 0 Å². The van der Waals surface area contributed by atoms with Gasteiger partial charge >= 0.3 is 0 Å². The van der Waals surface area contributed by atoms with Gasteiger partial charge in [0.2, 0.25) is 0 Å². The molecule has 0 heterocycles. The minimum atomic E-state index is -0.940. The topological polar surface area (TPSA) is 103 Å². The fraction of sp³-hybridized carbons (Fsp3) is 0.150. The standard InChI is InChI=1S/C40H35NO6/c42-22-33(44)24-46-35-16-8-27(9-17-35)26-6-12-31(13-7-26)41(32-14-18-36(19-15-32)47-25-34(45)23-43)38-21-11-30-5-4-28-2-1-3-29-10-20-37(38)40(30)39(28)29/h1-21,33-34,42-45H,22-25H2. The van der Waals surface area contributed by atoms with E-state index in [9.17, 15) is 10.2 Å². The highest BCUT2D eigenvalue weighted by Crippen LogP contribution is 2.44. The van der Waals surface area contributed by atoms with Gasteiger partial charge in [0.25, 0.3) is 0 Å². The lowest BCUT2D eigenvalue weighted by atomic mass is 9.93. The van der Waals surface area contributed by atoms with Crippen LogP contribution < -0.4 is 14.4 Å². The number of hydrogen-bond donors (Lipinski definition) is 4. The van der Waals surface area contributed by atoms with Crippen LogP contribution in [-0.4, -0.2) is 59.1 Å². The number of rotatable bonds is 12. The quantitative estimate of drug-likeness (QED) is 0.107. The molecule has 7 rings (SSSR count). The molecule has 2 unspecified atom stereocenters. The van der Waals surface area contributed by atoms with Gasteiger partial charge in [-0.15, -0.1) is 0 Å². The molecule has 4 N–H and O–H groups in total. The smallest absolute Gasteiger partial charge is 0.119 e. The second kappa shape index (κ2) is 13.3. The van der Waals surface area contributed by atoms with Gasteiger partial charge in [0.05, 0.1) is 18.9 Å². The maximum absolute atomic E-state index is 9.74. The summed E-state index contributed by atoms with van der Waals surface area (Å²) in [6.45, 7) is -0.666. The summed E-state index contributed by atoms with van der Waals surface area (Å²) in [6, 6.07) is 43.4. The van der Waals surface area contributed by atoms with Gasteiger partial charge in [0.15, 0.2) is 0 Å². The van der Waals surface area contributed by atoms with Gasteiger partial charge in [-0.2, -0.15) is 0 Å². The number of benzene rings is 7. The third kappa shape index (κ3) is 6.17. The summed E-state index contributed by atoms with van der Waals surface area (Å²) < 4.78 is 11.3. The van der Waals surface area contributed by atoms with E-state index in [0.29, 0.717) is 11.5 Å². The van der Waals surface area contributed by atoms with Crippen LogP contribution in [0.2, 0.25) is 0 Å². The van der Waals surface area contributed by atoms with Gasteiger partial charge in [-0.25, -0.2) is 0 Å². The van der Waals surface area contributed by atoms with Crippen LogP contribution >= 0.6 is 0 Å². The molecule has 0 aliphatic heterocycles. The second-order valence-electron chi connectivity index (χ2n) is 11.6. The first-order valence-corrected chi connectivity index (χ1v) is 15.6. The Morgan fingerprint density at radius 3 is 1.49 bits per heavy atom. The molecule has 7 heteroatoms. The van der Waals surface area contributed by atoms with Crippen molar-refractivity contribution in [3.05, 3.63) is 127 Å². The maximum Gasteiger partial charge on any atom is 0.119 e. The lowest BCUT2D eigenvalue weighted by molar-refractivity contribution is 0.0536. The van der Waals surface area contributed by atoms with E-state index in [0.717, 1.165) is 33.6 Å². The first-order chi connectivity index (χ1) is 23.0. The van der Waals surface area contributed by atoms with E-state index in [4.69, 9.17) is 19.7 Å². The predicted octanol–water partition coefficient (Wildman–Crippen LogP) is 7.18. The van der Waals surface area contributed by atoms with Crippen molar-refractivity contribution in [2.75, 3.05) is 31.3 Å².